The molecule has 1 aromatic rings. The largest absolute Gasteiger partial charge is 0.309 e. The summed E-state index contributed by atoms with van der Waals surface area (Å²) in [6.45, 7) is 7.47. The standard InChI is InChI=1S/C13H19NS/c1-5-7-8-12(14-6-2)13-9-10(3)11(4)15-13/h1,9,12,14H,6-8H2,2-4H3. The predicted molar refractivity (Wildman–Crippen MR) is 68.3 cm³/mol. The monoisotopic (exact) mass is 221 g/mol. The average Bonchev–Trinajstić information content (AvgIpc) is 2.54. The molecule has 2 heteroatoms. The molecule has 1 unspecified atom stereocenters. The Hall–Kier alpha value is -0.780. The summed E-state index contributed by atoms with van der Waals surface area (Å²) in [6.07, 6.45) is 7.18. The summed E-state index contributed by atoms with van der Waals surface area (Å²) in [5.74, 6) is 2.71. The molecule has 0 aliphatic carbocycles. The van der Waals surface area contributed by atoms with Gasteiger partial charge in [0.05, 0.1) is 0 Å². The first-order valence-electron chi connectivity index (χ1n) is 5.42. The van der Waals surface area contributed by atoms with Crippen LogP contribution in [0, 0.1) is 26.2 Å². The molecule has 1 heterocycles. The number of hydrogen-bond acceptors (Lipinski definition) is 2. The highest BCUT2D eigenvalue weighted by Gasteiger charge is 2.12. The topological polar surface area (TPSA) is 12.0 Å². The van der Waals surface area contributed by atoms with E-state index in [1.54, 1.807) is 0 Å². The fourth-order valence-corrected chi connectivity index (χ4v) is 2.75. The molecular formula is C13H19NS. The van der Waals surface area contributed by atoms with E-state index in [0.29, 0.717) is 6.04 Å². The van der Waals surface area contributed by atoms with Gasteiger partial charge in [-0.3, -0.25) is 0 Å². The smallest absolute Gasteiger partial charge is 0.0424 e. The molecule has 1 N–H and O–H groups in total. The highest BCUT2D eigenvalue weighted by molar-refractivity contribution is 7.12. The normalized spacial score (nSPS) is 12.4. The van der Waals surface area contributed by atoms with Gasteiger partial charge in [-0.25, -0.2) is 0 Å². The number of terminal acetylenes is 1. The quantitative estimate of drug-likeness (QED) is 0.751. The van der Waals surface area contributed by atoms with Crippen molar-refractivity contribution in [2.75, 3.05) is 6.54 Å². The van der Waals surface area contributed by atoms with Crippen molar-refractivity contribution in [3.8, 4) is 12.3 Å². The summed E-state index contributed by atoms with van der Waals surface area (Å²) < 4.78 is 0. The minimum Gasteiger partial charge on any atom is -0.309 e. The molecule has 0 amide bonds. The zero-order valence-electron chi connectivity index (χ0n) is 9.76. The lowest BCUT2D eigenvalue weighted by molar-refractivity contribution is 0.530. The average molecular weight is 221 g/mol. The van der Waals surface area contributed by atoms with E-state index in [2.05, 4.69) is 38.1 Å². The third-order valence-corrected chi connectivity index (χ3v) is 3.82. The van der Waals surface area contributed by atoms with Crippen LogP contribution in [0.3, 0.4) is 0 Å². The fraction of sp³-hybridized carbons (Fsp3) is 0.538. The molecular weight excluding hydrogens is 202 g/mol. The van der Waals surface area contributed by atoms with Gasteiger partial charge in [0.15, 0.2) is 0 Å². The molecule has 0 radical (unpaired) electrons. The summed E-state index contributed by atoms with van der Waals surface area (Å²) in [7, 11) is 0. The van der Waals surface area contributed by atoms with E-state index in [1.807, 2.05) is 11.3 Å². The SMILES string of the molecule is C#CCCC(NCC)c1cc(C)c(C)s1. The van der Waals surface area contributed by atoms with Crippen molar-refractivity contribution in [1.82, 2.24) is 5.32 Å². The van der Waals surface area contributed by atoms with E-state index in [4.69, 9.17) is 6.42 Å². The fourth-order valence-electron chi connectivity index (χ4n) is 1.59. The van der Waals surface area contributed by atoms with Gasteiger partial charge in [0.25, 0.3) is 0 Å². The Morgan fingerprint density at radius 3 is 2.73 bits per heavy atom. The second-order valence-electron chi connectivity index (χ2n) is 3.74. The maximum atomic E-state index is 5.31. The Kier molecular flexibility index (Phi) is 4.87. The van der Waals surface area contributed by atoms with Crippen LogP contribution in [-0.2, 0) is 0 Å². The molecule has 0 fully saturated rings. The van der Waals surface area contributed by atoms with Gasteiger partial charge in [0, 0.05) is 22.2 Å². The van der Waals surface area contributed by atoms with E-state index in [-0.39, 0.29) is 0 Å². The van der Waals surface area contributed by atoms with Gasteiger partial charge in [-0.2, -0.15) is 0 Å². The van der Waals surface area contributed by atoms with E-state index in [1.165, 1.54) is 15.3 Å². The van der Waals surface area contributed by atoms with Crippen LogP contribution in [0.15, 0.2) is 6.07 Å². The minimum absolute atomic E-state index is 0.434. The molecule has 15 heavy (non-hydrogen) atoms. The zero-order valence-corrected chi connectivity index (χ0v) is 10.6. The van der Waals surface area contributed by atoms with Crippen molar-refractivity contribution in [3.05, 3.63) is 21.4 Å². The minimum atomic E-state index is 0.434. The molecule has 0 saturated heterocycles. The van der Waals surface area contributed by atoms with Crippen LogP contribution in [0.4, 0.5) is 0 Å². The van der Waals surface area contributed by atoms with Crippen molar-refractivity contribution in [2.45, 2.75) is 39.7 Å². The molecule has 0 aliphatic heterocycles. The first-order chi connectivity index (χ1) is 7.19. The van der Waals surface area contributed by atoms with Crippen LogP contribution in [0.25, 0.3) is 0 Å². The second kappa shape index (κ2) is 5.95. The maximum Gasteiger partial charge on any atom is 0.0424 e. The van der Waals surface area contributed by atoms with Crippen LogP contribution >= 0.6 is 11.3 Å². The van der Waals surface area contributed by atoms with E-state index in [0.717, 1.165) is 19.4 Å². The molecule has 0 bridgehead atoms. The first-order valence-corrected chi connectivity index (χ1v) is 6.24. The van der Waals surface area contributed by atoms with Gasteiger partial charge < -0.3 is 5.32 Å². The first kappa shape index (κ1) is 12.3. The number of rotatable bonds is 5. The zero-order chi connectivity index (χ0) is 11.3. The predicted octanol–water partition coefficient (Wildman–Crippen LogP) is 3.43. The summed E-state index contributed by atoms with van der Waals surface area (Å²) >= 11 is 1.88. The molecule has 0 aromatic carbocycles. The lowest BCUT2D eigenvalue weighted by Crippen LogP contribution is -2.19. The van der Waals surface area contributed by atoms with Crippen molar-refractivity contribution in [1.29, 1.82) is 0 Å². The van der Waals surface area contributed by atoms with Crippen LogP contribution in [0.5, 0.6) is 0 Å². The lowest BCUT2D eigenvalue weighted by atomic mass is 10.1. The number of nitrogens with one attached hydrogen (secondary N) is 1. The molecule has 1 atom stereocenters. The van der Waals surface area contributed by atoms with Gasteiger partial charge in [0.1, 0.15) is 0 Å². The maximum absolute atomic E-state index is 5.31. The van der Waals surface area contributed by atoms with Crippen molar-refractivity contribution in [2.24, 2.45) is 0 Å². The van der Waals surface area contributed by atoms with Gasteiger partial charge in [-0.05, 0) is 38.4 Å². The van der Waals surface area contributed by atoms with Gasteiger partial charge >= 0.3 is 0 Å². The van der Waals surface area contributed by atoms with Gasteiger partial charge in [0.2, 0.25) is 0 Å². The van der Waals surface area contributed by atoms with Crippen LogP contribution < -0.4 is 5.32 Å². The van der Waals surface area contributed by atoms with Crippen LogP contribution in [-0.4, -0.2) is 6.54 Å². The van der Waals surface area contributed by atoms with Gasteiger partial charge in [-0.1, -0.05) is 6.92 Å². The van der Waals surface area contributed by atoms with Crippen LogP contribution in [0.2, 0.25) is 0 Å². The molecule has 0 aliphatic rings. The third kappa shape index (κ3) is 3.37. The highest BCUT2D eigenvalue weighted by atomic mass is 32.1. The summed E-state index contributed by atoms with van der Waals surface area (Å²) in [6, 6.07) is 2.72. The second-order valence-corrected chi connectivity index (χ2v) is 5.03. The number of hydrogen-bond donors (Lipinski definition) is 1. The molecule has 0 spiro atoms. The summed E-state index contributed by atoms with van der Waals surface area (Å²) in [4.78, 5) is 2.83. The number of aryl methyl sites for hydroxylation is 2. The Bertz CT molecular complexity index is 326. The Morgan fingerprint density at radius 2 is 2.27 bits per heavy atom. The Labute approximate surface area is 96.9 Å². The van der Waals surface area contributed by atoms with E-state index < -0.39 is 0 Å². The Balaban J connectivity index is 2.74. The lowest BCUT2D eigenvalue weighted by Gasteiger charge is -2.14. The summed E-state index contributed by atoms with van der Waals surface area (Å²) in [5, 5.41) is 3.49. The molecule has 1 aromatic heterocycles. The molecule has 1 rings (SSSR count). The summed E-state index contributed by atoms with van der Waals surface area (Å²) in [5.41, 5.74) is 1.39. The van der Waals surface area contributed by atoms with Crippen molar-refractivity contribution >= 4 is 11.3 Å². The van der Waals surface area contributed by atoms with E-state index in [9.17, 15) is 0 Å². The van der Waals surface area contributed by atoms with E-state index >= 15 is 0 Å². The number of thiophene rings is 1. The molecule has 82 valence electrons. The van der Waals surface area contributed by atoms with Crippen LogP contribution in [0.1, 0.15) is 41.1 Å². The van der Waals surface area contributed by atoms with Crippen molar-refractivity contribution < 1.29 is 0 Å². The third-order valence-electron chi connectivity index (χ3n) is 2.56. The molecule has 0 saturated carbocycles. The molecule has 1 nitrogen and oxygen atoms in total. The van der Waals surface area contributed by atoms with Crippen molar-refractivity contribution in [3.63, 3.8) is 0 Å². The van der Waals surface area contributed by atoms with Gasteiger partial charge in [-0.15, -0.1) is 23.7 Å². The Morgan fingerprint density at radius 1 is 1.53 bits per heavy atom. The highest BCUT2D eigenvalue weighted by Crippen LogP contribution is 2.28.